The van der Waals surface area contributed by atoms with Crippen LogP contribution in [-0.2, 0) is 0 Å². The molecule has 0 bridgehead atoms. The maximum atomic E-state index is 5.99. The molecule has 1 aliphatic heterocycles. The fourth-order valence-corrected chi connectivity index (χ4v) is 3.78. The zero-order valence-corrected chi connectivity index (χ0v) is 11.0. The van der Waals surface area contributed by atoms with Crippen molar-refractivity contribution in [2.75, 3.05) is 24.6 Å². The second-order valence-corrected chi connectivity index (χ2v) is 6.39. The SMILES string of the molecule is C=C(C)CNC1(CN)CSCCC1(C)C. The van der Waals surface area contributed by atoms with Gasteiger partial charge in [-0.1, -0.05) is 26.0 Å². The van der Waals surface area contributed by atoms with E-state index in [1.165, 1.54) is 17.7 Å². The molecule has 0 aromatic heterocycles. The lowest BCUT2D eigenvalue weighted by molar-refractivity contribution is 0.141. The topological polar surface area (TPSA) is 38.0 Å². The molecule has 0 saturated carbocycles. The van der Waals surface area contributed by atoms with E-state index in [2.05, 4.69) is 32.7 Å². The largest absolute Gasteiger partial charge is 0.329 e. The molecule has 0 radical (unpaired) electrons. The van der Waals surface area contributed by atoms with Gasteiger partial charge in [0.15, 0.2) is 0 Å². The molecule has 2 nitrogen and oxygen atoms in total. The second-order valence-electron chi connectivity index (χ2n) is 5.28. The standard InChI is InChI=1S/C12H24N2S/c1-10(2)7-14-12(8-13)9-15-6-5-11(12,3)4/h14H,1,5-9,13H2,2-4H3. The van der Waals surface area contributed by atoms with Crippen molar-refractivity contribution >= 4 is 11.8 Å². The predicted octanol–water partition coefficient (Wildman–Crippen LogP) is 2.01. The fraction of sp³-hybridized carbons (Fsp3) is 0.833. The Bertz CT molecular complexity index is 238. The Kier molecular flexibility index (Phi) is 4.27. The summed E-state index contributed by atoms with van der Waals surface area (Å²) in [7, 11) is 0. The first-order valence-electron chi connectivity index (χ1n) is 5.61. The van der Waals surface area contributed by atoms with E-state index in [1.54, 1.807) is 0 Å². The molecule has 88 valence electrons. The Labute approximate surface area is 98.1 Å². The Morgan fingerprint density at radius 2 is 2.20 bits per heavy atom. The van der Waals surface area contributed by atoms with E-state index < -0.39 is 0 Å². The molecular weight excluding hydrogens is 204 g/mol. The van der Waals surface area contributed by atoms with Gasteiger partial charge in [-0.2, -0.15) is 11.8 Å². The summed E-state index contributed by atoms with van der Waals surface area (Å²) >= 11 is 2.01. The minimum absolute atomic E-state index is 0.0782. The third-order valence-corrected chi connectivity index (χ3v) is 4.78. The maximum Gasteiger partial charge on any atom is 0.0449 e. The molecule has 1 aliphatic rings. The molecule has 3 N–H and O–H groups in total. The van der Waals surface area contributed by atoms with Crippen molar-refractivity contribution in [3.8, 4) is 0 Å². The monoisotopic (exact) mass is 228 g/mol. The van der Waals surface area contributed by atoms with Crippen LogP contribution in [0.25, 0.3) is 0 Å². The van der Waals surface area contributed by atoms with Gasteiger partial charge in [-0.05, 0) is 24.5 Å². The van der Waals surface area contributed by atoms with Crippen molar-refractivity contribution in [1.82, 2.24) is 5.32 Å². The highest BCUT2D eigenvalue weighted by Crippen LogP contribution is 2.41. The number of thioether (sulfide) groups is 1. The molecule has 1 rings (SSSR count). The van der Waals surface area contributed by atoms with Crippen molar-refractivity contribution in [2.24, 2.45) is 11.1 Å². The molecule has 15 heavy (non-hydrogen) atoms. The molecule has 0 aromatic carbocycles. The van der Waals surface area contributed by atoms with Crippen LogP contribution in [0.2, 0.25) is 0 Å². The first-order chi connectivity index (χ1) is 6.93. The van der Waals surface area contributed by atoms with Gasteiger partial charge >= 0.3 is 0 Å². The average molecular weight is 228 g/mol. The van der Waals surface area contributed by atoms with Gasteiger partial charge in [0.1, 0.15) is 0 Å². The van der Waals surface area contributed by atoms with E-state index >= 15 is 0 Å². The van der Waals surface area contributed by atoms with Gasteiger partial charge in [0, 0.05) is 24.4 Å². The van der Waals surface area contributed by atoms with Gasteiger partial charge in [0.2, 0.25) is 0 Å². The normalized spacial score (nSPS) is 30.1. The summed E-state index contributed by atoms with van der Waals surface area (Å²) in [5, 5.41) is 3.63. The number of rotatable bonds is 4. The van der Waals surface area contributed by atoms with Crippen molar-refractivity contribution in [1.29, 1.82) is 0 Å². The van der Waals surface area contributed by atoms with E-state index in [0.29, 0.717) is 6.54 Å². The van der Waals surface area contributed by atoms with E-state index in [1.807, 2.05) is 11.8 Å². The summed E-state index contributed by atoms with van der Waals surface area (Å²) in [6.45, 7) is 12.2. The first-order valence-corrected chi connectivity index (χ1v) is 6.76. The molecule has 1 unspecified atom stereocenters. The molecule has 0 amide bonds. The van der Waals surface area contributed by atoms with Gasteiger partial charge in [0.05, 0.1) is 0 Å². The molecule has 3 heteroatoms. The summed E-state index contributed by atoms with van der Waals surface area (Å²) in [6, 6.07) is 0. The Hall–Kier alpha value is 0.0100. The Morgan fingerprint density at radius 3 is 2.67 bits per heavy atom. The summed E-state index contributed by atoms with van der Waals surface area (Å²) < 4.78 is 0. The fourth-order valence-electron chi connectivity index (χ4n) is 2.03. The zero-order valence-electron chi connectivity index (χ0n) is 10.2. The minimum atomic E-state index is 0.0782. The summed E-state index contributed by atoms with van der Waals surface area (Å²) in [5.74, 6) is 2.37. The molecule has 1 fully saturated rings. The van der Waals surface area contributed by atoms with Crippen molar-refractivity contribution in [2.45, 2.75) is 32.7 Å². The van der Waals surface area contributed by atoms with E-state index in [9.17, 15) is 0 Å². The van der Waals surface area contributed by atoms with E-state index in [-0.39, 0.29) is 11.0 Å². The van der Waals surface area contributed by atoms with Crippen LogP contribution in [0.4, 0.5) is 0 Å². The summed E-state index contributed by atoms with van der Waals surface area (Å²) in [6.07, 6.45) is 1.23. The lowest BCUT2D eigenvalue weighted by Gasteiger charge is -2.50. The lowest BCUT2D eigenvalue weighted by Crippen LogP contribution is -2.64. The highest BCUT2D eigenvalue weighted by atomic mass is 32.2. The van der Waals surface area contributed by atoms with Crippen LogP contribution in [0.15, 0.2) is 12.2 Å². The van der Waals surface area contributed by atoms with E-state index in [4.69, 9.17) is 5.73 Å². The van der Waals surface area contributed by atoms with Crippen LogP contribution in [0.1, 0.15) is 27.2 Å². The third kappa shape index (κ3) is 2.77. The molecular formula is C12H24N2S. The molecule has 0 aliphatic carbocycles. The third-order valence-electron chi connectivity index (χ3n) is 3.59. The highest BCUT2D eigenvalue weighted by molar-refractivity contribution is 7.99. The minimum Gasteiger partial charge on any atom is -0.329 e. The Morgan fingerprint density at radius 1 is 1.53 bits per heavy atom. The number of nitrogens with two attached hydrogens (primary N) is 1. The molecule has 0 aromatic rings. The zero-order chi connectivity index (χ0) is 11.5. The van der Waals surface area contributed by atoms with Gasteiger partial charge < -0.3 is 11.1 Å². The highest BCUT2D eigenvalue weighted by Gasteiger charge is 2.45. The Balaban J connectivity index is 2.75. The predicted molar refractivity (Wildman–Crippen MR) is 70.3 cm³/mol. The smallest absolute Gasteiger partial charge is 0.0449 e. The second kappa shape index (κ2) is 4.89. The first kappa shape index (κ1) is 13.1. The van der Waals surface area contributed by atoms with Crippen molar-refractivity contribution in [3.63, 3.8) is 0 Å². The van der Waals surface area contributed by atoms with Crippen molar-refractivity contribution < 1.29 is 0 Å². The van der Waals surface area contributed by atoms with Gasteiger partial charge in [-0.3, -0.25) is 0 Å². The average Bonchev–Trinajstić information content (AvgIpc) is 2.16. The molecule has 1 saturated heterocycles. The molecule has 0 spiro atoms. The van der Waals surface area contributed by atoms with Gasteiger partial charge in [-0.25, -0.2) is 0 Å². The number of hydrogen-bond donors (Lipinski definition) is 2. The van der Waals surface area contributed by atoms with Crippen molar-refractivity contribution in [3.05, 3.63) is 12.2 Å². The van der Waals surface area contributed by atoms with Gasteiger partial charge in [0.25, 0.3) is 0 Å². The van der Waals surface area contributed by atoms with Crippen LogP contribution < -0.4 is 11.1 Å². The quantitative estimate of drug-likeness (QED) is 0.723. The number of nitrogens with one attached hydrogen (secondary N) is 1. The lowest BCUT2D eigenvalue weighted by atomic mass is 9.70. The van der Waals surface area contributed by atoms with Crippen LogP contribution in [0, 0.1) is 5.41 Å². The summed E-state index contributed by atoms with van der Waals surface area (Å²) in [5.41, 5.74) is 7.53. The maximum absolute atomic E-state index is 5.99. The number of hydrogen-bond acceptors (Lipinski definition) is 3. The molecule has 1 atom stereocenters. The van der Waals surface area contributed by atoms with E-state index in [0.717, 1.165) is 12.3 Å². The molecule has 1 heterocycles. The van der Waals surface area contributed by atoms with Gasteiger partial charge in [-0.15, -0.1) is 0 Å². The summed E-state index contributed by atoms with van der Waals surface area (Å²) in [4.78, 5) is 0. The van der Waals surface area contributed by atoms with Crippen LogP contribution >= 0.6 is 11.8 Å². The van der Waals surface area contributed by atoms with Crippen LogP contribution in [0.5, 0.6) is 0 Å². The van der Waals surface area contributed by atoms with Crippen LogP contribution in [-0.4, -0.2) is 30.1 Å². The van der Waals surface area contributed by atoms with Crippen LogP contribution in [0.3, 0.4) is 0 Å².